The maximum absolute atomic E-state index is 11.0. The van der Waals surface area contributed by atoms with Crippen LogP contribution in [0.15, 0.2) is 0 Å². The number of nitrogens with zero attached hydrogens (tertiary/aromatic N) is 1. The first-order valence-corrected chi connectivity index (χ1v) is 5.34. The fraction of sp³-hybridized carbons (Fsp3) is 0.750. The molecule has 5 heteroatoms. The largest absolute Gasteiger partial charge is 0.481 e. The van der Waals surface area contributed by atoms with E-state index in [9.17, 15) is 9.00 Å². The molecule has 4 nitrogen and oxygen atoms in total. The summed E-state index contributed by atoms with van der Waals surface area (Å²) in [6, 6.07) is 2.07. The Bertz CT molecular complexity index is 255. The lowest BCUT2D eigenvalue weighted by molar-refractivity contribution is -0.133. The fourth-order valence-corrected chi connectivity index (χ4v) is 1.79. The average Bonchev–Trinajstić information content (AvgIpc) is 2.00. The molecule has 0 radical (unpaired) electrons. The van der Waals surface area contributed by atoms with Gasteiger partial charge in [0.1, 0.15) is 5.75 Å². The van der Waals surface area contributed by atoms with Crippen LogP contribution in [0.1, 0.15) is 20.3 Å². The standard InChI is InChI=1S/C8H13NO3S/c1-8(2,6-9)3-4-13(12)5-7(10)11/h3-5H2,1-2H3,(H,10,11). The monoisotopic (exact) mass is 203 g/mol. The number of carboxylic acid groups (broad SMARTS) is 1. The first-order valence-electron chi connectivity index (χ1n) is 3.85. The van der Waals surface area contributed by atoms with E-state index in [0.29, 0.717) is 6.42 Å². The van der Waals surface area contributed by atoms with Crippen molar-refractivity contribution in [3.8, 4) is 6.07 Å². The predicted molar refractivity (Wildman–Crippen MR) is 49.5 cm³/mol. The lowest BCUT2D eigenvalue weighted by Crippen LogP contribution is -2.17. The highest BCUT2D eigenvalue weighted by Crippen LogP contribution is 2.18. The Morgan fingerprint density at radius 1 is 1.62 bits per heavy atom. The number of carboxylic acids is 1. The van der Waals surface area contributed by atoms with E-state index in [1.165, 1.54) is 0 Å². The third-order valence-electron chi connectivity index (χ3n) is 1.54. The van der Waals surface area contributed by atoms with Crippen molar-refractivity contribution in [2.75, 3.05) is 11.5 Å². The molecule has 0 aliphatic heterocycles. The van der Waals surface area contributed by atoms with Crippen LogP contribution < -0.4 is 0 Å². The molecule has 1 N–H and O–H groups in total. The van der Waals surface area contributed by atoms with Gasteiger partial charge >= 0.3 is 5.97 Å². The van der Waals surface area contributed by atoms with Crippen LogP contribution in [-0.4, -0.2) is 26.8 Å². The topological polar surface area (TPSA) is 78.2 Å². The summed E-state index contributed by atoms with van der Waals surface area (Å²) in [4.78, 5) is 10.1. The lowest BCUT2D eigenvalue weighted by Gasteiger charge is -2.13. The number of aliphatic carboxylic acids is 1. The van der Waals surface area contributed by atoms with E-state index >= 15 is 0 Å². The molecule has 0 aromatic carbocycles. The van der Waals surface area contributed by atoms with Crippen molar-refractivity contribution in [3.05, 3.63) is 0 Å². The summed E-state index contributed by atoms with van der Waals surface area (Å²) in [5.74, 6) is -1.12. The van der Waals surface area contributed by atoms with Gasteiger partial charge in [0.05, 0.1) is 11.5 Å². The molecule has 0 amide bonds. The van der Waals surface area contributed by atoms with Gasteiger partial charge in [-0.2, -0.15) is 5.26 Å². The second kappa shape index (κ2) is 4.97. The molecule has 0 bridgehead atoms. The summed E-state index contributed by atoms with van der Waals surface area (Å²) in [7, 11) is -1.35. The SMILES string of the molecule is CC(C)(C#N)CCS(=O)CC(=O)O. The van der Waals surface area contributed by atoms with Crippen molar-refractivity contribution < 1.29 is 14.1 Å². The molecule has 13 heavy (non-hydrogen) atoms. The summed E-state index contributed by atoms with van der Waals surface area (Å²) in [5, 5.41) is 16.9. The second-order valence-electron chi connectivity index (χ2n) is 3.43. The Hall–Kier alpha value is -0.890. The van der Waals surface area contributed by atoms with E-state index in [2.05, 4.69) is 6.07 Å². The minimum atomic E-state index is -1.35. The smallest absolute Gasteiger partial charge is 0.316 e. The van der Waals surface area contributed by atoms with Crippen molar-refractivity contribution in [1.29, 1.82) is 5.26 Å². The first-order chi connectivity index (χ1) is 5.87. The van der Waals surface area contributed by atoms with Crippen LogP contribution in [0.4, 0.5) is 0 Å². The maximum Gasteiger partial charge on any atom is 0.316 e. The summed E-state index contributed by atoms with van der Waals surface area (Å²) in [6.45, 7) is 3.48. The van der Waals surface area contributed by atoms with Gasteiger partial charge in [0.2, 0.25) is 0 Å². The summed E-state index contributed by atoms with van der Waals surface area (Å²) in [5.41, 5.74) is -0.520. The van der Waals surface area contributed by atoms with Crippen LogP contribution in [0.25, 0.3) is 0 Å². The molecule has 0 saturated carbocycles. The Kier molecular flexibility index (Phi) is 4.63. The Labute approximate surface area is 80.0 Å². The van der Waals surface area contributed by atoms with Gasteiger partial charge in [-0.05, 0) is 20.3 Å². The van der Waals surface area contributed by atoms with Crippen LogP contribution in [0.3, 0.4) is 0 Å². The highest BCUT2D eigenvalue weighted by molar-refractivity contribution is 7.85. The van der Waals surface area contributed by atoms with Gasteiger partial charge < -0.3 is 5.11 Å². The van der Waals surface area contributed by atoms with Crippen molar-refractivity contribution in [3.63, 3.8) is 0 Å². The minimum absolute atomic E-state index is 0.271. The third kappa shape index (κ3) is 6.29. The van der Waals surface area contributed by atoms with E-state index in [0.717, 1.165) is 0 Å². The molecule has 74 valence electrons. The molecule has 0 fully saturated rings. The quantitative estimate of drug-likeness (QED) is 0.715. The zero-order valence-electron chi connectivity index (χ0n) is 7.74. The Balaban J connectivity index is 3.85. The number of carbonyl (C=O) groups is 1. The molecule has 0 rings (SSSR count). The van der Waals surface area contributed by atoms with Gasteiger partial charge in [-0.3, -0.25) is 9.00 Å². The van der Waals surface area contributed by atoms with Gasteiger partial charge in [-0.15, -0.1) is 0 Å². The van der Waals surface area contributed by atoms with Crippen molar-refractivity contribution in [2.24, 2.45) is 5.41 Å². The van der Waals surface area contributed by atoms with Crippen LogP contribution in [0, 0.1) is 16.7 Å². The molecular weight excluding hydrogens is 190 g/mol. The first kappa shape index (κ1) is 12.1. The van der Waals surface area contributed by atoms with E-state index in [1.807, 2.05) is 0 Å². The van der Waals surface area contributed by atoms with E-state index in [-0.39, 0.29) is 11.5 Å². The zero-order valence-corrected chi connectivity index (χ0v) is 8.56. The summed E-state index contributed by atoms with van der Waals surface area (Å²) in [6.07, 6.45) is 0.462. The van der Waals surface area contributed by atoms with Crippen molar-refractivity contribution >= 4 is 16.8 Å². The Morgan fingerprint density at radius 2 is 2.15 bits per heavy atom. The van der Waals surface area contributed by atoms with Crippen LogP contribution in [0.2, 0.25) is 0 Å². The molecular formula is C8H13NO3S. The molecule has 0 heterocycles. The molecule has 0 spiro atoms. The van der Waals surface area contributed by atoms with Gasteiger partial charge in [-0.25, -0.2) is 0 Å². The maximum atomic E-state index is 11.0. The van der Waals surface area contributed by atoms with E-state index in [4.69, 9.17) is 10.4 Å². The molecule has 1 unspecified atom stereocenters. The summed E-state index contributed by atoms with van der Waals surface area (Å²) >= 11 is 0. The zero-order chi connectivity index (χ0) is 10.5. The molecule has 0 aliphatic carbocycles. The normalized spacial score (nSPS) is 13.3. The second-order valence-corrected chi connectivity index (χ2v) is 5.00. The minimum Gasteiger partial charge on any atom is -0.481 e. The van der Waals surface area contributed by atoms with E-state index in [1.54, 1.807) is 13.8 Å². The van der Waals surface area contributed by atoms with Crippen LogP contribution in [-0.2, 0) is 15.6 Å². The molecule has 0 aromatic heterocycles. The van der Waals surface area contributed by atoms with Crippen molar-refractivity contribution in [1.82, 2.24) is 0 Å². The Morgan fingerprint density at radius 3 is 2.54 bits per heavy atom. The molecule has 0 aromatic rings. The summed E-state index contributed by atoms with van der Waals surface area (Å²) < 4.78 is 11.0. The number of hydrogen-bond donors (Lipinski definition) is 1. The molecule has 1 atom stereocenters. The lowest BCUT2D eigenvalue weighted by atomic mass is 9.93. The number of nitriles is 1. The number of rotatable bonds is 5. The number of hydrogen-bond acceptors (Lipinski definition) is 3. The average molecular weight is 203 g/mol. The molecule has 0 aliphatic rings. The van der Waals surface area contributed by atoms with E-state index < -0.39 is 22.2 Å². The van der Waals surface area contributed by atoms with Gasteiger partial charge in [0.25, 0.3) is 0 Å². The molecule has 0 saturated heterocycles. The van der Waals surface area contributed by atoms with Crippen LogP contribution >= 0.6 is 0 Å². The van der Waals surface area contributed by atoms with Crippen molar-refractivity contribution in [2.45, 2.75) is 20.3 Å². The third-order valence-corrected chi connectivity index (χ3v) is 2.77. The van der Waals surface area contributed by atoms with Gasteiger partial charge in [0.15, 0.2) is 0 Å². The van der Waals surface area contributed by atoms with Crippen LogP contribution in [0.5, 0.6) is 0 Å². The highest BCUT2D eigenvalue weighted by atomic mass is 32.2. The van der Waals surface area contributed by atoms with Gasteiger partial charge in [0, 0.05) is 16.6 Å². The highest BCUT2D eigenvalue weighted by Gasteiger charge is 2.18. The predicted octanol–water partition coefficient (Wildman–Crippen LogP) is 0.760. The fourth-order valence-electron chi connectivity index (χ4n) is 0.635. The van der Waals surface area contributed by atoms with Gasteiger partial charge in [-0.1, -0.05) is 0 Å².